The number of nitrogen functional groups attached to an aromatic ring is 1. The van der Waals surface area contributed by atoms with Crippen LogP contribution in [-0.4, -0.2) is 17.4 Å². The van der Waals surface area contributed by atoms with Crippen LogP contribution < -0.4 is 5.73 Å². The molecule has 4 heteroatoms. The number of carbonyl (C=O) groups is 1. The summed E-state index contributed by atoms with van der Waals surface area (Å²) in [7, 11) is 0. The summed E-state index contributed by atoms with van der Waals surface area (Å²) in [5.41, 5.74) is 9.22. The van der Waals surface area contributed by atoms with Gasteiger partial charge in [-0.25, -0.2) is 0 Å². The number of amides is 1. The van der Waals surface area contributed by atoms with E-state index in [1.54, 1.807) is 6.07 Å². The Bertz CT molecular complexity index is 684. The van der Waals surface area contributed by atoms with Gasteiger partial charge in [-0.15, -0.1) is 0 Å². The second-order valence-corrected chi connectivity index (χ2v) is 5.75. The van der Waals surface area contributed by atoms with Crippen molar-refractivity contribution in [2.24, 2.45) is 0 Å². The fraction of sp³-hybridized carbons (Fsp3) is 0.235. The number of fused-ring (bicyclic) bond motifs is 1. The van der Waals surface area contributed by atoms with Crippen LogP contribution in [0.1, 0.15) is 27.9 Å². The molecule has 0 fully saturated rings. The number of hydrogen-bond donors (Lipinski definition) is 1. The Morgan fingerprint density at radius 1 is 1.19 bits per heavy atom. The topological polar surface area (TPSA) is 46.3 Å². The SMILES string of the molecule is Nc1ccc(CN2CCCc3ccccc3C2=O)c(Cl)c1. The molecule has 1 amide bonds. The minimum atomic E-state index is 0.0796. The molecule has 1 aliphatic rings. The van der Waals surface area contributed by atoms with Crippen molar-refractivity contribution >= 4 is 23.2 Å². The van der Waals surface area contributed by atoms with E-state index in [0.717, 1.165) is 36.1 Å². The Morgan fingerprint density at radius 2 is 2.00 bits per heavy atom. The number of nitrogens with zero attached hydrogens (tertiary/aromatic N) is 1. The molecule has 0 unspecified atom stereocenters. The first kappa shape index (κ1) is 14.0. The van der Waals surface area contributed by atoms with Crippen LogP contribution in [0.5, 0.6) is 0 Å². The molecule has 1 aliphatic heterocycles. The van der Waals surface area contributed by atoms with Crippen molar-refractivity contribution in [1.82, 2.24) is 4.90 Å². The number of nitrogens with two attached hydrogens (primary N) is 1. The maximum atomic E-state index is 12.7. The van der Waals surface area contributed by atoms with Crippen molar-refractivity contribution in [3.8, 4) is 0 Å². The maximum absolute atomic E-state index is 12.7. The average molecular weight is 301 g/mol. The van der Waals surface area contributed by atoms with Crippen LogP contribution in [0.2, 0.25) is 5.02 Å². The third-order valence-corrected chi connectivity index (χ3v) is 4.20. The van der Waals surface area contributed by atoms with Gasteiger partial charge >= 0.3 is 0 Å². The lowest BCUT2D eigenvalue weighted by Gasteiger charge is -2.21. The molecule has 2 aromatic rings. The summed E-state index contributed by atoms with van der Waals surface area (Å²) < 4.78 is 0. The Labute approximate surface area is 129 Å². The number of carbonyl (C=O) groups excluding carboxylic acids is 1. The molecule has 108 valence electrons. The highest BCUT2D eigenvalue weighted by molar-refractivity contribution is 6.31. The molecule has 3 rings (SSSR count). The lowest BCUT2D eigenvalue weighted by Crippen LogP contribution is -2.30. The van der Waals surface area contributed by atoms with E-state index in [9.17, 15) is 4.79 Å². The predicted octanol–water partition coefficient (Wildman–Crippen LogP) is 3.51. The van der Waals surface area contributed by atoms with E-state index in [1.807, 2.05) is 41.3 Å². The highest BCUT2D eigenvalue weighted by atomic mass is 35.5. The van der Waals surface area contributed by atoms with E-state index in [-0.39, 0.29) is 5.91 Å². The van der Waals surface area contributed by atoms with Gasteiger partial charge in [-0.2, -0.15) is 0 Å². The summed E-state index contributed by atoms with van der Waals surface area (Å²) in [5, 5.41) is 0.611. The van der Waals surface area contributed by atoms with Crippen molar-refractivity contribution in [2.75, 3.05) is 12.3 Å². The highest BCUT2D eigenvalue weighted by Gasteiger charge is 2.22. The fourth-order valence-corrected chi connectivity index (χ4v) is 2.98. The summed E-state index contributed by atoms with van der Waals surface area (Å²) >= 11 is 6.22. The zero-order chi connectivity index (χ0) is 14.8. The number of rotatable bonds is 2. The third-order valence-electron chi connectivity index (χ3n) is 3.85. The molecule has 0 atom stereocenters. The minimum absolute atomic E-state index is 0.0796. The lowest BCUT2D eigenvalue weighted by molar-refractivity contribution is 0.0749. The standard InChI is InChI=1S/C17H17ClN2O/c18-16-10-14(19)8-7-13(16)11-20-9-3-5-12-4-1-2-6-15(12)17(20)21/h1-2,4,6-8,10H,3,5,9,11,19H2. The van der Waals surface area contributed by atoms with Gasteiger partial charge in [-0.05, 0) is 42.2 Å². The largest absolute Gasteiger partial charge is 0.399 e. The van der Waals surface area contributed by atoms with Crippen LogP contribution in [0.3, 0.4) is 0 Å². The summed E-state index contributed by atoms with van der Waals surface area (Å²) in [5.74, 6) is 0.0796. The monoisotopic (exact) mass is 300 g/mol. The molecule has 1 heterocycles. The molecule has 21 heavy (non-hydrogen) atoms. The smallest absolute Gasteiger partial charge is 0.254 e. The number of hydrogen-bond acceptors (Lipinski definition) is 2. The third kappa shape index (κ3) is 2.88. The van der Waals surface area contributed by atoms with Crippen LogP contribution in [-0.2, 0) is 13.0 Å². The molecule has 0 radical (unpaired) electrons. The van der Waals surface area contributed by atoms with Gasteiger partial charge in [-0.1, -0.05) is 35.9 Å². The number of halogens is 1. The van der Waals surface area contributed by atoms with E-state index < -0.39 is 0 Å². The van der Waals surface area contributed by atoms with Crippen LogP contribution in [0.25, 0.3) is 0 Å². The van der Waals surface area contributed by atoms with Crippen LogP contribution in [0, 0.1) is 0 Å². The summed E-state index contributed by atoms with van der Waals surface area (Å²) in [6, 6.07) is 13.3. The van der Waals surface area contributed by atoms with Crippen molar-refractivity contribution in [1.29, 1.82) is 0 Å². The van der Waals surface area contributed by atoms with E-state index in [0.29, 0.717) is 17.3 Å². The van der Waals surface area contributed by atoms with Crippen LogP contribution in [0.4, 0.5) is 5.69 Å². The first-order valence-electron chi connectivity index (χ1n) is 7.06. The Hall–Kier alpha value is -2.00. The summed E-state index contributed by atoms with van der Waals surface area (Å²) in [6.07, 6.45) is 1.91. The first-order valence-corrected chi connectivity index (χ1v) is 7.44. The number of anilines is 1. The molecule has 0 aliphatic carbocycles. The molecule has 0 aromatic heterocycles. The van der Waals surface area contributed by atoms with Gasteiger partial charge in [0.1, 0.15) is 0 Å². The average Bonchev–Trinajstić information content (AvgIpc) is 2.63. The van der Waals surface area contributed by atoms with Crippen LogP contribution >= 0.6 is 11.6 Å². The zero-order valence-corrected chi connectivity index (χ0v) is 12.4. The van der Waals surface area contributed by atoms with Crippen molar-refractivity contribution in [3.05, 3.63) is 64.2 Å². The second kappa shape index (κ2) is 5.78. The molecule has 2 N–H and O–H groups in total. The van der Waals surface area contributed by atoms with Crippen molar-refractivity contribution < 1.29 is 4.79 Å². The zero-order valence-electron chi connectivity index (χ0n) is 11.7. The molecule has 0 spiro atoms. The molecule has 0 saturated heterocycles. The molecule has 2 aromatic carbocycles. The van der Waals surface area contributed by atoms with E-state index in [1.165, 1.54) is 0 Å². The van der Waals surface area contributed by atoms with Gasteiger partial charge in [0.2, 0.25) is 0 Å². The molecule has 0 bridgehead atoms. The van der Waals surface area contributed by atoms with Crippen molar-refractivity contribution in [3.63, 3.8) is 0 Å². The van der Waals surface area contributed by atoms with Crippen molar-refractivity contribution in [2.45, 2.75) is 19.4 Å². The number of benzene rings is 2. The van der Waals surface area contributed by atoms with E-state index in [2.05, 4.69) is 0 Å². The lowest BCUT2D eigenvalue weighted by atomic mass is 10.0. The van der Waals surface area contributed by atoms with E-state index in [4.69, 9.17) is 17.3 Å². The van der Waals surface area contributed by atoms with Gasteiger partial charge in [0.25, 0.3) is 5.91 Å². The van der Waals surface area contributed by atoms with Gasteiger partial charge in [0, 0.05) is 29.4 Å². The van der Waals surface area contributed by atoms with Gasteiger partial charge in [-0.3, -0.25) is 4.79 Å². The quantitative estimate of drug-likeness (QED) is 0.863. The molecular formula is C17H17ClN2O. The summed E-state index contributed by atoms with van der Waals surface area (Å²) in [4.78, 5) is 14.5. The van der Waals surface area contributed by atoms with Crippen LogP contribution in [0.15, 0.2) is 42.5 Å². The molecule has 3 nitrogen and oxygen atoms in total. The molecule has 0 saturated carbocycles. The summed E-state index contributed by atoms with van der Waals surface area (Å²) in [6.45, 7) is 1.26. The Kier molecular flexibility index (Phi) is 3.84. The van der Waals surface area contributed by atoms with Gasteiger partial charge in [0.05, 0.1) is 0 Å². The Balaban J connectivity index is 1.87. The Morgan fingerprint density at radius 3 is 2.81 bits per heavy atom. The normalized spacial score (nSPS) is 14.7. The second-order valence-electron chi connectivity index (χ2n) is 5.34. The predicted molar refractivity (Wildman–Crippen MR) is 85.4 cm³/mol. The minimum Gasteiger partial charge on any atom is -0.399 e. The number of aryl methyl sites for hydroxylation is 1. The van der Waals surface area contributed by atoms with E-state index >= 15 is 0 Å². The maximum Gasteiger partial charge on any atom is 0.254 e. The first-order chi connectivity index (χ1) is 10.1. The highest BCUT2D eigenvalue weighted by Crippen LogP contribution is 2.24. The molecular weight excluding hydrogens is 284 g/mol. The fourth-order valence-electron chi connectivity index (χ4n) is 2.73. The van der Waals surface area contributed by atoms with Gasteiger partial charge < -0.3 is 10.6 Å². The van der Waals surface area contributed by atoms with Gasteiger partial charge in [0.15, 0.2) is 0 Å².